The van der Waals surface area contributed by atoms with Crippen LogP contribution < -0.4 is 10.0 Å². The average Bonchev–Trinajstić information content (AvgIpc) is 3.29. The summed E-state index contributed by atoms with van der Waals surface area (Å²) < 4.78 is 33.0. The molecule has 7 nitrogen and oxygen atoms in total. The highest BCUT2D eigenvalue weighted by molar-refractivity contribution is 7.91. The van der Waals surface area contributed by atoms with Gasteiger partial charge in [-0.05, 0) is 30.9 Å². The van der Waals surface area contributed by atoms with E-state index in [1.165, 1.54) is 18.9 Å². The molecule has 2 rings (SSSR count). The SMILES string of the molecule is CN=C(NCCNS(=O)(=O)c1ccc(Cl)s1)N(C)CCOCC1CC1. The minimum atomic E-state index is -3.51. The smallest absolute Gasteiger partial charge is 0.250 e. The Kier molecular flexibility index (Phi) is 7.95. The van der Waals surface area contributed by atoms with Gasteiger partial charge in [0.2, 0.25) is 10.0 Å². The quantitative estimate of drug-likeness (QED) is 0.349. The number of hydrogen-bond acceptors (Lipinski definition) is 5. The van der Waals surface area contributed by atoms with Crippen molar-refractivity contribution in [2.24, 2.45) is 10.9 Å². The lowest BCUT2D eigenvalue weighted by Crippen LogP contribution is -2.43. The van der Waals surface area contributed by atoms with Crippen molar-refractivity contribution in [2.75, 3.05) is 46.9 Å². The van der Waals surface area contributed by atoms with E-state index in [-0.39, 0.29) is 10.8 Å². The average molecular weight is 409 g/mol. The van der Waals surface area contributed by atoms with Crippen LogP contribution in [0.3, 0.4) is 0 Å². The molecule has 0 bridgehead atoms. The van der Waals surface area contributed by atoms with Crippen molar-refractivity contribution in [3.63, 3.8) is 0 Å². The van der Waals surface area contributed by atoms with Crippen LogP contribution in [0.25, 0.3) is 0 Å². The molecule has 1 heterocycles. The predicted molar refractivity (Wildman–Crippen MR) is 102 cm³/mol. The van der Waals surface area contributed by atoms with E-state index in [1.54, 1.807) is 13.1 Å². The first-order valence-corrected chi connectivity index (χ1v) is 10.8. The van der Waals surface area contributed by atoms with Crippen LogP contribution in [-0.4, -0.2) is 66.2 Å². The highest BCUT2D eigenvalue weighted by Crippen LogP contribution is 2.28. The number of hydrogen-bond donors (Lipinski definition) is 2. The van der Waals surface area contributed by atoms with Crippen molar-refractivity contribution in [3.8, 4) is 0 Å². The molecule has 10 heteroatoms. The van der Waals surface area contributed by atoms with Gasteiger partial charge in [-0.1, -0.05) is 11.6 Å². The second kappa shape index (κ2) is 9.72. The third-order valence-corrected chi connectivity index (χ3v) is 6.89. The molecule has 0 atom stereocenters. The molecule has 0 aromatic carbocycles. The number of nitrogens with zero attached hydrogens (tertiary/aromatic N) is 2. The fraction of sp³-hybridized carbons (Fsp3) is 0.667. The molecule has 25 heavy (non-hydrogen) atoms. The van der Waals surface area contributed by atoms with E-state index >= 15 is 0 Å². The molecule has 142 valence electrons. The van der Waals surface area contributed by atoms with Gasteiger partial charge in [0.15, 0.2) is 5.96 Å². The molecule has 1 aromatic rings. The summed E-state index contributed by atoms with van der Waals surface area (Å²) in [5.74, 6) is 1.46. The molecule has 0 amide bonds. The Bertz CT molecular complexity index is 674. The molecule has 1 saturated carbocycles. The van der Waals surface area contributed by atoms with Crippen molar-refractivity contribution in [3.05, 3.63) is 16.5 Å². The first-order chi connectivity index (χ1) is 11.9. The van der Waals surface area contributed by atoms with Crippen LogP contribution in [0, 0.1) is 5.92 Å². The van der Waals surface area contributed by atoms with E-state index in [0.717, 1.165) is 30.4 Å². The molecule has 0 unspecified atom stereocenters. The standard InChI is InChI=1S/C15H25ClN4O3S2/c1-17-15(20(2)9-10-23-11-12-3-4-12)18-7-8-19-25(21,22)14-6-5-13(16)24-14/h5-6,12,19H,3-4,7-11H2,1-2H3,(H,17,18). The Morgan fingerprint density at radius 1 is 1.44 bits per heavy atom. The van der Waals surface area contributed by atoms with Gasteiger partial charge in [-0.25, -0.2) is 13.1 Å². The van der Waals surface area contributed by atoms with Crippen LogP contribution in [0.5, 0.6) is 0 Å². The number of ether oxygens (including phenoxy) is 1. The number of halogens is 1. The van der Waals surface area contributed by atoms with Gasteiger partial charge in [0.05, 0.1) is 10.9 Å². The highest BCUT2D eigenvalue weighted by Gasteiger charge is 2.21. The third-order valence-electron chi connectivity index (χ3n) is 3.71. The van der Waals surface area contributed by atoms with E-state index in [4.69, 9.17) is 16.3 Å². The molecule has 1 aliphatic rings. The molecule has 2 N–H and O–H groups in total. The molecular formula is C15H25ClN4O3S2. The number of sulfonamides is 1. The number of guanidine groups is 1. The van der Waals surface area contributed by atoms with E-state index in [1.807, 2.05) is 11.9 Å². The minimum Gasteiger partial charge on any atom is -0.379 e. The van der Waals surface area contributed by atoms with Gasteiger partial charge in [0.1, 0.15) is 4.21 Å². The number of thiophene rings is 1. The highest BCUT2D eigenvalue weighted by atomic mass is 35.5. The van der Waals surface area contributed by atoms with Gasteiger partial charge in [0.25, 0.3) is 0 Å². The molecule has 0 radical (unpaired) electrons. The van der Waals surface area contributed by atoms with Gasteiger partial charge in [-0.15, -0.1) is 11.3 Å². The van der Waals surface area contributed by atoms with Gasteiger partial charge < -0.3 is 15.0 Å². The zero-order valence-corrected chi connectivity index (χ0v) is 16.9. The summed E-state index contributed by atoms with van der Waals surface area (Å²) in [6, 6.07) is 3.07. The summed E-state index contributed by atoms with van der Waals surface area (Å²) >= 11 is 6.81. The van der Waals surface area contributed by atoms with Crippen molar-refractivity contribution >= 4 is 38.9 Å². The molecule has 1 aromatic heterocycles. The minimum absolute atomic E-state index is 0.215. The van der Waals surface area contributed by atoms with Crippen molar-refractivity contribution in [1.29, 1.82) is 0 Å². The summed E-state index contributed by atoms with van der Waals surface area (Å²) in [5.41, 5.74) is 0. The van der Waals surface area contributed by atoms with Crippen LogP contribution in [0.1, 0.15) is 12.8 Å². The fourth-order valence-electron chi connectivity index (χ4n) is 2.10. The number of rotatable bonds is 10. The van der Waals surface area contributed by atoms with Crippen LogP contribution in [0.2, 0.25) is 4.34 Å². The van der Waals surface area contributed by atoms with Gasteiger partial charge in [-0.3, -0.25) is 4.99 Å². The molecule has 0 saturated heterocycles. The molecule has 0 spiro atoms. The van der Waals surface area contributed by atoms with Crippen LogP contribution in [0.15, 0.2) is 21.3 Å². The monoisotopic (exact) mass is 408 g/mol. The lowest BCUT2D eigenvalue weighted by molar-refractivity contribution is 0.115. The Balaban J connectivity index is 1.65. The first kappa shape index (κ1) is 20.4. The zero-order valence-electron chi connectivity index (χ0n) is 14.5. The van der Waals surface area contributed by atoms with E-state index in [2.05, 4.69) is 15.0 Å². The second-order valence-electron chi connectivity index (χ2n) is 5.87. The summed E-state index contributed by atoms with van der Waals surface area (Å²) in [6.07, 6.45) is 2.57. The lowest BCUT2D eigenvalue weighted by atomic mass is 10.5. The largest absolute Gasteiger partial charge is 0.379 e. The van der Waals surface area contributed by atoms with E-state index in [9.17, 15) is 8.42 Å². The number of aliphatic imine (C=N–C) groups is 1. The summed E-state index contributed by atoms with van der Waals surface area (Å²) in [4.78, 5) is 6.15. The maximum atomic E-state index is 12.1. The Morgan fingerprint density at radius 2 is 2.20 bits per heavy atom. The van der Waals surface area contributed by atoms with Crippen molar-refractivity contribution in [1.82, 2.24) is 14.9 Å². The lowest BCUT2D eigenvalue weighted by Gasteiger charge is -2.22. The van der Waals surface area contributed by atoms with Crippen LogP contribution in [-0.2, 0) is 14.8 Å². The van der Waals surface area contributed by atoms with E-state index in [0.29, 0.717) is 23.4 Å². The Hall–Kier alpha value is -0.870. The number of likely N-dealkylation sites (N-methyl/N-ethyl adjacent to an activating group) is 1. The van der Waals surface area contributed by atoms with E-state index < -0.39 is 10.0 Å². The first-order valence-electron chi connectivity index (χ1n) is 8.17. The van der Waals surface area contributed by atoms with Crippen molar-refractivity contribution < 1.29 is 13.2 Å². The van der Waals surface area contributed by atoms with Crippen LogP contribution in [0.4, 0.5) is 0 Å². The Morgan fingerprint density at radius 3 is 2.80 bits per heavy atom. The topological polar surface area (TPSA) is 83.0 Å². The third kappa shape index (κ3) is 7.10. The van der Waals surface area contributed by atoms with Gasteiger partial charge in [-0.2, -0.15) is 0 Å². The van der Waals surface area contributed by atoms with Gasteiger partial charge >= 0.3 is 0 Å². The maximum absolute atomic E-state index is 12.1. The van der Waals surface area contributed by atoms with Crippen molar-refractivity contribution in [2.45, 2.75) is 17.1 Å². The number of nitrogens with one attached hydrogen (secondary N) is 2. The van der Waals surface area contributed by atoms with Crippen LogP contribution >= 0.6 is 22.9 Å². The zero-order chi connectivity index (χ0) is 18.3. The summed E-state index contributed by atoms with van der Waals surface area (Å²) in [5, 5.41) is 3.13. The molecular weight excluding hydrogens is 384 g/mol. The summed E-state index contributed by atoms with van der Waals surface area (Å²) in [6.45, 7) is 2.90. The molecule has 1 aliphatic carbocycles. The molecule has 0 aliphatic heterocycles. The second-order valence-corrected chi connectivity index (χ2v) is 9.58. The molecule has 1 fully saturated rings. The van der Waals surface area contributed by atoms with Gasteiger partial charge in [0, 0.05) is 40.3 Å². The maximum Gasteiger partial charge on any atom is 0.250 e. The summed E-state index contributed by atoms with van der Waals surface area (Å²) in [7, 11) is 0.107. The Labute approximate surface area is 158 Å². The normalized spacial score (nSPS) is 15.4. The fourth-order valence-corrected chi connectivity index (χ4v) is 4.66. The predicted octanol–water partition coefficient (Wildman–Crippen LogP) is 1.61.